The fraction of sp³-hybridized carbons (Fsp3) is 0.300. The van der Waals surface area contributed by atoms with E-state index in [1.165, 1.54) is 18.4 Å². The molecule has 1 fully saturated rings. The molecule has 26 heavy (non-hydrogen) atoms. The van der Waals surface area contributed by atoms with Crippen molar-refractivity contribution in [2.75, 3.05) is 7.11 Å². The molecule has 5 nitrogen and oxygen atoms in total. The van der Waals surface area contributed by atoms with Crippen LogP contribution in [0.4, 0.5) is 0 Å². The van der Waals surface area contributed by atoms with Crippen LogP contribution in [0, 0.1) is 4.77 Å². The lowest BCUT2D eigenvalue weighted by atomic mass is 10.2. The largest absolute Gasteiger partial charge is 0.497 e. The van der Waals surface area contributed by atoms with E-state index in [9.17, 15) is 0 Å². The van der Waals surface area contributed by atoms with Gasteiger partial charge >= 0.3 is 0 Å². The average Bonchev–Trinajstić information content (AvgIpc) is 3.47. The minimum absolute atomic E-state index is 0.612. The van der Waals surface area contributed by atoms with Crippen molar-refractivity contribution in [2.45, 2.75) is 32.1 Å². The van der Waals surface area contributed by atoms with Gasteiger partial charge in [0, 0.05) is 18.3 Å². The molecule has 1 aliphatic rings. The molecule has 6 heteroatoms. The van der Waals surface area contributed by atoms with Crippen LogP contribution in [0.3, 0.4) is 0 Å². The second-order valence-corrected chi connectivity index (χ2v) is 6.95. The van der Waals surface area contributed by atoms with Crippen molar-refractivity contribution >= 4 is 12.2 Å². The van der Waals surface area contributed by atoms with Gasteiger partial charge in [-0.15, -0.1) is 0 Å². The molecule has 0 saturated heterocycles. The molecule has 1 aromatic heterocycles. The van der Waals surface area contributed by atoms with Crippen LogP contribution in [0.25, 0.3) is 5.69 Å². The zero-order valence-corrected chi connectivity index (χ0v) is 15.6. The van der Waals surface area contributed by atoms with E-state index in [4.69, 9.17) is 17.0 Å². The molecule has 0 aliphatic heterocycles. The predicted molar refractivity (Wildman–Crippen MR) is 104 cm³/mol. The monoisotopic (exact) mass is 366 g/mol. The third kappa shape index (κ3) is 3.71. The highest BCUT2D eigenvalue weighted by atomic mass is 32.1. The number of hydrogen-bond donors (Lipinski definition) is 0. The number of rotatable bonds is 7. The molecule has 4 rings (SSSR count). The second-order valence-electron chi connectivity index (χ2n) is 6.59. The summed E-state index contributed by atoms with van der Waals surface area (Å²) in [4.78, 5) is 2.44. The van der Waals surface area contributed by atoms with Crippen molar-refractivity contribution in [1.82, 2.24) is 19.2 Å². The SMILES string of the molecule is COc1ccc(CN(Cn2ncn(-c3ccccc3)c2=S)C2CC2)cc1. The number of benzene rings is 2. The van der Waals surface area contributed by atoms with Gasteiger partial charge in [-0.05, 0) is 54.9 Å². The maximum absolute atomic E-state index is 5.65. The summed E-state index contributed by atoms with van der Waals surface area (Å²) in [5.74, 6) is 0.885. The van der Waals surface area contributed by atoms with Crippen LogP contribution in [0.1, 0.15) is 18.4 Å². The first-order valence-corrected chi connectivity index (χ1v) is 9.22. The molecule has 0 radical (unpaired) electrons. The Kier molecular flexibility index (Phi) is 4.86. The fourth-order valence-electron chi connectivity index (χ4n) is 3.07. The van der Waals surface area contributed by atoms with Crippen molar-refractivity contribution in [3.05, 3.63) is 71.3 Å². The van der Waals surface area contributed by atoms with E-state index in [1.54, 1.807) is 13.4 Å². The first-order chi connectivity index (χ1) is 12.7. The van der Waals surface area contributed by atoms with Crippen molar-refractivity contribution in [3.63, 3.8) is 0 Å². The summed E-state index contributed by atoms with van der Waals surface area (Å²) in [6.07, 6.45) is 4.28. The predicted octanol–water partition coefficient (Wildman–Crippen LogP) is 4.03. The molecule has 2 aromatic carbocycles. The fourth-order valence-corrected chi connectivity index (χ4v) is 3.33. The van der Waals surface area contributed by atoms with E-state index < -0.39 is 0 Å². The maximum Gasteiger partial charge on any atom is 0.203 e. The van der Waals surface area contributed by atoms with Gasteiger partial charge in [-0.1, -0.05) is 30.3 Å². The van der Waals surface area contributed by atoms with Crippen molar-refractivity contribution in [1.29, 1.82) is 0 Å². The van der Waals surface area contributed by atoms with Crippen LogP contribution in [-0.4, -0.2) is 32.4 Å². The number of aromatic nitrogens is 3. The van der Waals surface area contributed by atoms with Crippen LogP contribution in [0.2, 0.25) is 0 Å². The standard InChI is InChI=1S/C20H22N4OS/c1-25-19-11-7-16(8-12-19)13-22(17-9-10-17)15-24-20(26)23(14-21-24)18-5-3-2-4-6-18/h2-8,11-12,14,17H,9-10,13,15H2,1H3. The van der Waals surface area contributed by atoms with E-state index in [2.05, 4.69) is 22.1 Å². The van der Waals surface area contributed by atoms with E-state index in [0.717, 1.165) is 22.8 Å². The minimum atomic E-state index is 0.612. The zero-order chi connectivity index (χ0) is 17.9. The van der Waals surface area contributed by atoms with Crippen LogP contribution in [0.5, 0.6) is 5.75 Å². The summed E-state index contributed by atoms with van der Waals surface area (Å²) in [6.45, 7) is 1.59. The van der Waals surface area contributed by atoms with E-state index in [1.807, 2.05) is 51.7 Å². The molecule has 0 spiro atoms. The normalized spacial score (nSPS) is 13.9. The minimum Gasteiger partial charge on any atom is -0.497 e. The Bertz CT molecular complexity index is 913. The highest BCUT2D eigenvalue weighted by Crippen LogP contribution is 2.29. The highest BCUT2D eigenvalue weighted by molar-refractivity contribution is 7.71. The molecule has 1 saturated carbocycles. The first kappa shape index (κ1) is 17.0. The topological polar surface area (TPSA) is 35.2 Å². The number of methoxy groups -OCH3 is 1. The molecule has 1 aliphatic carbocycles. The van der Waals surface area contributed by atoms with Gasteiger partial charge in [0.25, 0.3) is 0 Å². The molecular formula is C20H22N4OS. The van der Waals surface area contributed by atoms with Gasteiger partial charge in [0.15, 0.2) is 0 Å². The van der Waals surface area contributed by atoms with Crippen molar-refractivity contribution in [3.8, 4) is 11.4 Å². The first-order valence-electron chi connectivity index (χ1n) is 8.81. The molecule has 0 bridgehead atoms. The molecule has 134 valence electrons. The number of para-hydroxylation sites is 1. The molecule has 1 heterocycles. The summed E-state index contributed by atoms with van der Waals surface area (Å²) in [6, 6.07) is 19.0. The average molecular weight is 366 g/mol. The third-order valence-corrected chi connectivity index (χ3v) is 5.10. The molecule has 0 atom stereocenters. The lowest BCUT2D eigenvalue weighted by Crippen LogP contribution is -2.29. The van der Waals surface area contributed by atoms with Gasteiger partial charge in [0.1, 0.15) is 12.1 Å². The molecule has 0 N–H and O–H groups in total. The summed E-state index contributed by atoms with van der Waals surface area (Å²) in [7, 11) is 1.69. The summed E-state index contributed by atoms with van der Waals surface area (Å²) in [5, 5.41) is 4.52. The van der Waals surface area contributed by atoms with E-state index in [-0.39, 0.29) is 0 Å². The van der Waals surface area contributed by atoms with Gasteiger partial charge in [-0.25, -0.2) is 4.68 Å². The highest BCUT2D eigenvalue weighted by Gasteiger charge is 2.29. The van der Waals surface area contributed by atoms with E-state index in [0.29, 0.717) is 12.7 Å². The zero-order valence-electron chi connectivity index (χ0n) is 14.8. The Morgan fingerprint density at radius 2 is 1.85 bits per heavy atom. The molecular weight excluding hydrogens is 344 g/mol. The second kappa shape index (κ2) is 7.43. The molecule has 3 aromatic rings. The quantitative estimate of drug-likeness (QED) is 0.591. The Balaban J connectivity index is 1.52. The van der Waals surface area contributed by atoms with Gasteiger partial charge in [0.2, 0.25) is 4.77 Å². The van der Waals surface area contributed by atoms with Gasteiger partial charge in [-0.2, -0.15) is 5.10 Å². The van der Waals surface area contributed by atoms with Crippen LogP contribution < -0.4 is 4.74 Å². The van der Waals surface area contributed by atoms with Gasteiger partial charge < -0.3 is 4.74 Å². The van der Waals surface area contributed by atoms with Crippen LogP contribution in [0.15, 0.2) is 60.9 Å². The molecule has 0 amide bonds. The Morgan fingerprint density at radius 3 is 2.50 bits per heavy atom. The summed E-state index contributed by atoms with van der Waals surface area (Å²) >= 11 is 5.65. The number of ether oxygens (including phenoxy) is 1. The smallest absolute Gasteiger partial charge is 0.203 e. The number of hydrogen-bond acceptors (Lipinski definition) is 4. The van der Waals surface area contributed by atoms with E-state index >= 15 is 0 Å². The van der Waals surface area contributed by atoms with Crippen molar-refractivity contribution in [2.24, 2.45) is 0 Å². The Hall–Kier alpha value is -2.44. The van der Waals surface area contributed by atoms with Gasteiger partial charge in [-0.3, -0.25) is 9.47 Å². The third-order valence-electron chi connectivity index (χ3n) is 4.69. The maximum atomic E-state index is 5.65. The summed E-state index contributed by atoms with van der Waals surface area (Å²) in [5.41, 5.74) is 2.31. The lowest BCUT2D eigenvalue weighted by Gasteiger charge is -2.22. The lowest BCUT2D eigenvalue weighted by molar-refractivity contribution is 0.186. The van der Waals surface area contributed by atoms with Crippen molar-refractivity contribution < 1.29 is 4.74 Å². The summed E-state index contributed by atoms with van der Waals surface area (Å²) < 4.78 is 9.82. The Morgan fingerprint density at radius 1 is 1.12 bits per heavy atom. The van der Waals surface area contributed by atoms with Crippen LogP contribution >= 0.6 is 12.2 Å². The number of nitrogens with zero attached hydrogens (tertiary/aromatic N) is 4. The Labute approximate surface area is 158 Å². The van der Waals surface area contributed by atoms with Gasteiger partial charge in [0.05, 0.1) is 13.8 Å². The molecule has 0 unspecified atom stereocenters. The van der Waals surface area contributed by atoms with Crippen LogP contribution in [-0.2, 0) is 13.2 Å².